The Kier molecular flexibility index (Phi) is 9.99. The van der Waals surface area contributed by atoms with E-state index in [1.54, 1.807) is 32.0 Å². The Balaban J connectivity index is 2.07. The third-order valence-electron chi connectivity index (χ3n) is 6.26. The van der Waals surface area contributed by atoms with Crippen molar-refractivity contribution < 1.29 is 22.7 Å². The lowest BCUT2D eigenvalue weighted by Gasteiger charge is -2.32. The van der Waals surface area contributed by atoms with Gasteiger partial charge >= 0.3 is 0 Å². The van der Waals surface area contributed by atoms with E-state index in [2.05, 4.69) is 5.32 Å². The molecule has 0 aliphatic rings. The van der Waals surface area contributed by atoms with Crippen LogP contribution in [0.25, 0.3) is 0 Å². The molecule has 0 saturated carbocycles. The summed E-state index contributed by atoms with van der Waals surface area (Å²) >= 11 is 6.34. The zero-order valence-corrected chi connectivity index (χ0v) is 24.3. The van der Waals surface area contributed by atoms with Crippen molar-refractivity contribution in [3.8, 4) is 5.75 Å². The highest BCUT2D eigenvalue weighted by Crippen LogP contribution is 2.32. The lowest BCUT2D eigenvalue weighted by atomic mass is 10.1. The molecule has 3 aromatic rings. The molecule has 8 nitrogen and oxygen atoms in total. The van der Waals surface area contributed by atoms with E-state index in [1.165, 1.54) is 36.3 Å². The van der Waals surface area contributed by atoms with Crippen LogP contribution < -0.4 is 14.4 Å². The van der Waals surface area contributed by atoms with E-state index in [0.717, 1.165) is 21.0 Å². The van der Waals surface area contributed by atoms with Crippen LogP contribution in [0.5, 0.6) is 5.75 Å². The standard InChI is InChI=1S/C29H34ClN3O5S/c1-6-31-29(35)22(4)32(18-23-9-7-8-21(3)16-23)28(34)19-33(24-12-15-27(38-5)26(30)17-24)39(36,37)25-13-10-20(2)11-14-25/h7-17,22H,6,18-19H2,1-5H3,(H,31,35)/t22-/m1/s1. The maximum absolute atomic E-state index is 13.9. The minimum absolute atomic E-state index is 0.0230. The average molecular weight is 572 g/mol. The molecular weight excluding hydrogens is 538 g/mol. The van der Waals surface area contributed by atoms with Crippen LogP contribution in [-0.2, 0) is 26.2 Å². The maximum atomic E-state index is 13.9. The van der Waals surface area contributed by atoms with Gasteiger partial charge in [-0.3, -0.25) is 13.9 Å². The first kappa shape index (κ1) is 30.0. The van der Waals surface area contributed by atoms with Crippen LogP contribution in [0.1, 0.15) is 30.5 Å². The normalized spacial score (nSPS) is 11.9. The number of halogens is 1. The number of nitrogens with one attached hydrogen (secondary N) is 1. The molecular formula is C29H34ClN3O5S. The number of nitrogens with zero attached hydrogens (tertiary/aromatic N) is 2. The number of sulfonamides is 1. The zero-order valence-electron chi connectivity index (χ0n) is 22.8. The van der Waals surface area contributed by atoms with Crippen molar-refractivity contribution in [2.75, 3.05) is 24.5 Å². The molecule has 1 atom stereocenters. The van der Waals surface area contributed by atoms with Crippen LogP contribution in [-0.4, -0.2) is 51.4 Å². The molecule has 0 aromatic heterocycles. The quantitative estimate of drug-likeness (QED) is 0.359. The summed E-state index contributed by atoms with van der Waals surface area (Å²) in [6.45, 7) is 7.18. The molecule has 208 valence electrons. The molecule has 0 aliphatic carbocycles. The lowest BCUT2D eigenvalue weighted by molar-refractivity contribution is -0.139. The predicted molar refractivity (Wildman–Crippen MR) is 154 cm³/mol. The molecule has 0 saturated heterocycles. The molecule has 0 bridgehead atoms. The number of ether oxygens (including phenoxy) is 1. The minimum atomic E-state index is -4.19. The highest BCUT2D eigenvalue weighted by Gasteiger charge is 2.32. The van der Waals surface area contributed by atoms with E-state index < -0.39 is 28.5 Å². The van der Waals surface area contributed by atoms with Crippen LogP contribution in [0.3, 0.4) is 0 Å². The number of aryl methyl sites for hydroxylation is 2. The van der Waals surface area contributed by atoms with Gasteiger partial charge in [0.2, 0.25) is 11.8 Å². The van der Waals surface area contributed by atoms with Gasteiger partial charge in [-0.2, -0.15) is 0 Å². The number of hydrogen-bond acceptors (Lipinski definition) is 5. The number of carbonyl (C=O) groups excluding carboxylic acids is 2. The number of benzene rings is 3. The molecule has 10 heteroatoms. The largest absolute Gasteiger partial charge is 0.495 e. The summed E-state index contributed by atoms with van der Waals surface area (Å²) in [6.07, 6.45) is 0. The number of rotatable bonds is 11. The Hall–Kier alpha value is -3.56. The molecule has 2 amide bonds. The van der Waals surface area contributed by atoms with E-state index in [0.29, 0.717) is 12.3 Å². The monoisotopic (exact) mass is 571 g/mol. The number of hydrogen-bond donors (Lipinski definition) is 1. The van der Waals surface area contributed by atoms with Gasteiger partial charge in [0.05, 0.1) is 22.7 Å². The van der Waals surface area contributed by atoms with E-state index in [9.17, 15) is 18.0 Å². The van der Waals surface area contributed by atoms with E-state index in [-0.39, 0.29) is 28.1 Å². The van der Waals surface area contributed by atoms with Crippen molar-refractivity contribution >= 4 is 39.1 Å². The number of methoxy groups -OCH3 is 1. The predicted octanol–water partition coefficient (Wildman–Crippen LogP) is 4.71. The van der Waals surface area contributed by atoms with Crippen LogP contribution in [0.2, 0.25) is 5.02 Å². The molecule has 0 aliphatic heterocycles. The molecule has 0 spiro atoms. The molecule has 0 fully saturated rings. The van der Waals surface area contributed by atoms with Crippen molar-refractivity contribution in [1.29, 1.82) is 0 Å². The van der Waals surface area contributed by atoms with Gasteiger partial charge in [0.15, 0.2) is 0 Å². The topological polar surface area (TPSA) is 96.0 Å². The van der Waals surface area contributed by atoms with Gasteiger partial charge in [0.25, 0.3) is 10.0 Å². The lowest BCUT2D eigenvalue weighted by Crippen LogP contribution is -2.51. The molecule has 3 rings (SSSR count). The van der Waals surface area contributed by atoms with Gasteiger partial charge in [-0.15, -0.1) is 0 Å². The molecule has 39 heavy (non-hydrogen) atoms. The summed E-state index contributed by atoms with van der Waals surface area (Å²) in [7, 11) is -2.73. The van der Waals surface area contributed by atoms with E-state index >= 15 is 0 Å². The number of amides is 2. The summed E-state index contributed by atoms with van der Waals surface area (Å²) in [4.78, 5) is 28.1. The first-order valence-corrected chi connectivity index (χ1v) is 14.4. The third kappa shape index (κ3) is 7.30. The second-order valence-electron chi connectivity index (χ2n) is 9.22. The van der Waals surface area contributed by atoms with Crippen LogP contribution in [0, 0.1) is 13.8 Å². The summed E-state index contributed by atoms with van der Waals surface area (Å²) in [5.74, 6) is -0.512. The average Bonchev–Trinajstić information content (AvgIpc) is 2.90. The zero-order chi connectivity index (χ0) is 28.7. The van der Waals surface area contributed by atoms with Crippen molar-refractivity contribution in [2.24, 2.45) is 0 Å². The Morgan fingerprint density at radius 2 is 1.69 bits per heavy atom. The fourth-order valence-electron chi connectivity index (χ4n) is 4.09. The van der Waals surface area contributed by atoms with Crippen molar-refractivity contribution in [3.63, 3.8) is 0 Å². The maximum Gasteiger partial charge on any atom is 0.264 e. The van der Waals surface area contributed by atoms with Gasteiger partial charge in [-0.25, -0.2) is 8.42 Å². The Labute approximate surface area is 235 Å². The Morgan fingerprint density at radius 1 is 1.00 bits per heavy atom. The van der Waals surface area contributed by atoms with Crippen LogP contribution >= 0.6 is 11.6 Å². The fourth-order valence-corrected chi connectivity index (χ4v) is 5.75. The number of anilines is 1. The van der Waals surface area contributed by atoms with Crippen molar-refractivity contribution in [1.82, 2.24) is 10.2 Å². The van der Waals surface area contributed by atoms with E-state index in [4.69, 9.17) is 16.3 Å². The molecule has 1 N–H and O–H groups in total. The van der Waals surface area contributed by atoms with Gasteiger partial charge in [0, 0.05) is 13.1 Å². The highest BCUT2D eigenvalue weighted by atomic mass is 35.5. The first-order chi connectivity index (χ1) is 18.5. The van der Waals surface area contributed by atoms with Crippen LogP contribution in [0.4, 0.5) is 5.69 Å². The summed E-state index contributed by atoms with van der Waals surface area (Å²) in [5.41, 5.74) is 2.90. The van der Waals surface area contributed by atoms with Gasteiger partial charge < -0.3 is 15.0 Å². The Bertz CT molecular complexity index is 1430. The minimum Gasteiger partial charge on any atom is -0.495 e. The SMILES string of the molecule is CCNC(=O)[C@@H](C)N(Cc1cccc(C)c1)C(=O)CN(c1ccc(OC)c(Cl)c1)S(=O)(=O)c1ccc(C)cc1. The first-order valence-electron chi connectivity index (χ1n) is 12.5. The third-order valence-corrected chi connectivity index (χ3v) is 8.35. The second kappa shape index (κ2) is 13.0. The van der Waals surface area contributed by atoms with Crippen molar-refractivity contribution in [3.05, 3.63) is 88.4 Å². The highest BCUT2D eigenvalue weighted by molar-refractivity contribution is 7.92. The molecule has 0 radical (unpaired) electrons. The second-order valence-corrected chi connectivity index (χ2v) is 11.5. The summed E-state index contributed by atoms with van der Waals surface area (Å²) < 4.78 is 34.0. The summed E-state index contributed by atoms with van der Waals surface area (Å²) in [6, 6.07) is 17.6. The Morgan fingerprint density at radius 3 is 2.28 bits per heavy atom. The molecule has 0 heterocycles. The molecule has 0 unspecified atom stereocenters. The van der Waals surface area contributed by atoms with E-state index in [1.807, 2.05) is 38.1 Å². The molecule has 3 aromatic carbocycles. The number of likely N-dealkylation sites (N-methyl/N-ethyl adjacent to an activating group) is 1. The fraction of sp³-hybridized carbons (Fsp3) is 0.310. The van der Waals surface area contributed by atoms with Gasteiger partial charge in [0.1, 0.15) is 18.3 Å². The van der Waals surface area contributed by atoms with Gasteiger partial charge in [-0.05, 0) is 63.6 Å². The van der Waals surface area contributed by atoms with Crippen LogP contribution in [0.15, 0.2) is 71.6 Å². The smallest absolute Gasteiger partial charge is 0.264 e. The number of carbonyl (C=O) groups is 2. The summed E-state index contributed by atoms with van der Waals surface area (Å²) in [5, 5.41) is 2.94. The van der Waals surface area contributed by atoms with Gasteiger partial charge in [-0.1, -0.05) is 59.1 Å². The van der Waals surface area contributed by atoms with Crippen molar-refractivity contribution in [2.45, 2.75) is 45.2 Å².